The molecule has 0 radical (unpaired) electrons. The van der Waals surface area contributed by atoms with Crippen LogP contribution in [0, 0.1) is 0 Å². The summed E-state index contributed by atoms with van der Waals surface area (Å²) in [5, 5.41) is 0. The van der Waals surface area contributed by atoms with Crippen molar-refractivity contribution in [1.82, 2.24) is 4.90 Å². The second kappa shape index (κ2) is 7.46. The molecule has 1 saturated heterocycles. The summed E-state index contributed by atoms with van der Waals surface area (Å²) in [6, 6.07) is 10.7. The van der Waals surface area contributed by atoms with Crippen molar-refractivity contribution in [1.29, 1.82) is 0 Å². The molecule has 2 rings (SSSR count). The number of benzene rings is 1. The van der Waals surface area contributed by atoms with E-state index >= 15 is 0 Å². The lowest BCUT2D eigenvalue weighted by Gasteiger charge is -2.36. The van der Waals surface area contributed by atoms with E-state index in [1.165, 1.54) is 18.7 Å². The van der Waals surface area contributed by atoms with Crippen molar-refractivity contribution in [3.05, 3.63) is 30.3 Å². The van der Waals surface area contributed by atoms with Gasteiger partial charge in [-0.15, -0.1) is 0 Å². The fourth-order valence-corrected chi connectivity index (χ4v) is 2.65. The highest BCUT2D eigenvalue weighted by molar-refractivity contribution is 7.80. The van der Waals surface area contributed by atoms with Crippen LogP contribution in [0.2, 0.25) is 0 Å². The summed E-state index contributed by atoms with van der Waals surface area (Å²) in [6.45, 7) is 5.73. The molecular formula is C15H23N3S. The van der Waals surface area contributed by atoms with Crippen LogP contribution in [-0.2, 0) is 0 Å². The molecule has 1 aromatic rings. The molecule has 19 heavy (non-hydrogen) atoms. The number of piperazine rings is 1. The minimum absolute atomic E-state index is 0.647. The summed E-state index contributed by atoms with van der Waals surface area (Å²) in [5.41, 5.74) is 6.85. The van der Waals surface area contributed by atoms with E-state index in [9.17, 15) is 0 Å². The van der Waals surface area contributed by atoms with E-state index in [4.69, 9.17) is 18.0 Å². The average molecular weight is 277 g/mol. The van der Waals surface area contributed by atoms with Gasteiger partial charge in [-0.3, -0.25) is 4.90 Å². The Bertz CT molecular complexity index is 386. The van der Waals surface area contributed by atoms with E-state index in [0.717, 1.165) is 39.0 Å². The van der Waals surface area contributed by atoms with Crippen molar-refractivity contribution >= 4 is 22.9 Å². The number of thiocarbonyl (C=S) groups is 1. The van der Waals surface area contributed by atoms with Gasteiger partial charge in [-0.2, -0.15) is 0 Å². The SMILES string of the molecule is NC(=S)CCCCN1CCN(c2ccccc2)CC1. The molecule has 0 unspecified atom stereocenters. The Kier molecular flexibility index (Phi) is 5.61. The maximum absolute atomic E-state index is 5.51. The zero-order valence-electron chi connectivity index (χ0n) is 11.4. The van der Waals surface area contributed by atoms with E-state index in [1.807, 2.05) is 0 Å². The van der Waals surface area contributed by atoms with Crippen LogP contribution in [0.15, 0.2) is 30.3 Å². The lowest BCUT2D eigenvalue weighted by Crippen LogP contribution is -2.46. The number of rotatable bonds is 6. The van der Waals surface area contributed by atoms with Crippen LogP contribution in [0.5, 0.6) is 0 Å². The predicted octanol–water partition coefficient (Wildman–Crippen LogP) is 2.27. The largest absolute Gasteiger partial charge is 0.393 e. The van der Waals surface area contributed by atoms with Crippen molar-refractivity contribution < 1.29 is 0 Å². The molecule has 1 aliphatic rings. The van der Waals surface area contributed by atoms with Crippen LogP contribution in [-0.4, -0.2) is 42.6 Å². The first-order chi connectivity index (χ1) is 9.25. The molecule has 1 aliphatic heterocycles. The number of unbranched alkanes of at least 4 members (excludes halogenated alkanes) is 1. The second-order valence-corrected chi connectivity index (χ2v) is 5.61. The van der Waals surface area contributed by atoms with Crippen LogP contribution >= 0.6 is 12.2 Å². The maximum Gasteiger partial charge on any atom is 0.0727 e. The van der Waals surface area contributed by atoms with Crippen LogP contribution in [0.4, 0.5) is 5.69 Å². The molecule has 1 aromatic carbocycles. The zero-order valence-corrected chi connectivity index (χ0v) is 12.2. The topological polar surface area (TPSA) is 32.5 Å². The molecule has 0 aliphatic carbocycles. The first kappa shape index (κ1) is 14.3. The molecule has 3 nitrogen and oxygen atoms in total. The predicted molar refractivity (Wildman–Crippen MR) is 85.7 cm³/mol. The number of anilines is 1. The van der Waals surface area contributed by atoms with Gasteiger partial charge in [0.2, 0.25) is 0 Å². The quantitative estimate of drug-likeness (QED) is 0.638. The Hall–Kier alpha value is -1.13. The van der Waals surface area contributed by atoms with Gasteiger partial charge >= 0.3 is 0 Å². The van der Waals surface area contributed by atoms with Crippen molar-refractivity contribution in [2.75, 3.05) is 37.6 Å². The fraction of sp³-hybridized carbons (Fsp3) is 0.533. The molecule has 0 saturated carbocycles. The molecular weight excluding hydrogens is 254 g/mol. The van der Waals surface area contributed by atoms with Gasteiger partial charge in [0, 0.05) is 31.9 Å². The summed E-state index contributed by atoms with van der Waals surface area (Å²) >= 11 is 4.89. The average Bonchev–Trinajstić information content (AvgIpc) is 2.45. The highest BCUT2D eigenvalue weighted by Crippen LogP contribution is 2.15. The van der Waals surface area contributed by atoms with E-state index < -0.39 is 0 Å². The Labute approximate surface area is 121 Å². The number of para-hydroxylation sites is 1. The fourth-order valence-electron chi connectivity index (χ4n) is 2.50. The Morgan fingerprint density at radius 2 is 1.74 bits per heavy atom. The van der Waals surface area contributed by atoms with E-state index in [-0.39, 0.29) is 0 Å². The molecule has 0 aromatic heterocycles. The molecule has 4 heteroatoms. The number of nitrogens with two attached hydrogens (primary N) is 1. The first-order valence-electron chi connectivity index (χ1n) is 7.06. The van der Waals surface area contributed by atoms with Gasteiger partial charge < -0.3 is 10.6 Å². The lowest BCUT2D eigenvalue weighted by molar-refractivity contribution is 0.253. The minimum atomic E-state index is 0.647. The number of hydrogen-bond donors (Lipinski definition) is 1. The van der Waals surface area contributed by atoms with Crippen LogP contribution in [0.25, 0.3) is 0 Å². The summed E-state index contributed by atoms with van der Waals surface area (Å²) < 4.78 is 0. The smallest absolute Gasteiger partial charge is 0.0727 e. The van der Waals surface area contributed by atoms with E-state index in [2.05, 4.69) is 40.1 Å². The van der Waals surface area contributed by atoms with Crippen LogP contribution in [0.3, 0.4) is 0 Å². The second-order valence-electron chi connectivity index (χ2n) is 5.09. The van der Waals surface area contributed by atoms with Crippen LogP contribution in [0.1, 0.15) is 19.3 Å². The first-order valence-corrected chi connectivity index (χ1v) is 7.47. The standard InChI is InChI=1S/C15H23N3S/c16-15(19)8-4-5-9-17-10-12-18(13-11-17)14-6-2-1-3-7-14/h1-3,6-7H,4-5,8-13H2,(H2,16,19). The monoisotopic (exact) mass is 277 g/mol. The molecule has 2 N–H and O–H groups in total. The summed E-state index contributed by atoms with van der Waals surface area (Å²) in [5.74, 6) is 0. The van der Waals surface area contributed by atoms with Gasteiger partial charge in [0.25, 0.3) is 0 Å². The summed E-state index contributed by atoms with van der Waals surface area (Å²) in [4.78, 5) is 5.65. The lowest BCUT2D eigenvalue weighted by atomic mass is 10.2. The van der Waals surface area contributed by atoms with Crippen molar-refractivity contribution in [3.63, 3.8) is 0 Å². The summed E-state index contributed by atoms with van der Waals surface area (Å²) in [7, 11) is 0. The van der Waals surface area contributed by atoms with Gasteiger partial charge in [0.1, 0.15) is 0 Å². The van der Waals surface area contributed by atoms with Gasteiger partial charge in [0.05, 0.1) is 4.99 Å². The van der Waals surface area contributed by atoms with Gasteiger partial charge in [-0.25, -0.2) is 0 Å². The molecule has 1 heterocycles. The summed E-state index contributed by atoms with van der Waals surface area (Å²) in [6.07, 6.45) is 3.20. The Balaban J connectivity index is 1.67. The van der Waals surface area contributed by atoms with Gasteiger partial charge in [-0.1, -0.05) is 30.4 Å². The third kappa shape index (κ3) is 4.80. The van der Waals surface area contributed by atoms with Crippen LogP contribution < -0.4 is 10.6 Å². The third-order valence-corrected chi connectivity index (χ3v) is 3.85. The van der Waals surface area contributed by atoms with Crippen molar-refractivity contribution in [2.45, 2.75) is 19.3 Å². The van der Waals surface area contributed by atoms with Crippen molar-refractivity contribution in [3.8, 4) is 0 Å². The minimum Gasteiger partial charge on any atom is -0.393 e. The van der Waals surface area contributed by atoms with Gasteiger partial charge in [0.15, 0.2) is 0 Å². The van der Waals surface area contributed by atoms with E-state index in [1.54, 1.807) is 0 Å². The van der Waals surface area contributed by atoms with Crippen molar-refractivity contribution in [2.24, 2.45) is 5.73 Å². The number of hydrogen-bond acceptors (Lipinski definition) is 3. The Morgan fingerprint density at radius 1 is 1.05 bits per heavy atom. The molecule has 0 spiro atoms. The molecule has 1 fully saturated rings. The third-order valence-electron chi connectivity index (χ3n) is 3.64. The Morgan fingerprint density at radius 3 is 2.37 bits per heavy atom. The highest BCUT2D eigenvalue weighted by Gasteiger charge is 2.16. The molecule has 0 bridgehead atoms. The normalized spacial score (nSPS) is 16.5. The molecule has 0 amide bonds. The zero-order chi connectivity index (χ0) is 13.5. The maximum atomic E-state index is 5.51. The van der Waals surface area contributed by atoms with E-state index in [0.29, 0.717) is 4.99 Å². The molecule has 104 valence electrons. The highest BCUT2D eigenvalue weighted by atomic mass is 32.1. The van der Waals surface area contributed by atoms with Gasteiger partial charge in [-0.05, 0) is 37.9 Å². The number of nitrogens with zero attached hydrogens (tertiary/aromatic N) is 2. The molecule has 0 atom stereocenters.